The van der Waals surface area contributed by atoms with Crippen molar-refractivity contribution in [2.75, 3.05) is 13.2 Å². The lowest BCUT2D eigenvalue weighted by atomic mass is 10.1. The van der Waals surface area contributed by atoms with Crippen molar-refractivity contribution >= 4 is 17.9 Å². The van der Waals surface area contributed by atoms with Gasteiger partial charge in [-0.2, -0.15) is 0 Å². The Labute approximate surface area is 359 Å². The Kier molecular flexibility index (Phi) is 45.4. The predicted molar refractivity (Wildman–Crippen MR) is 247 cm³/mol. The highest BCUT2D eigenvalue weighted by molar-refractivity contribution is 5.71. The summed E-state index contributed by atoms with van der Waals surface area (Å²) >= 11 is 0. The molecule has 1 unspecified atom stereocenters. The standard InChI is InChI=1S/C52H94O6/c1-4-7-10-13-16-19-22-25-26-27-28-31-33-36-39-42-45-51(54)57-48-49(58-52(55)46-43-40-37-34-30-24-21-18-15-12-9-6-3)47-56-50(53)44-41-38-35-32-29-23-20-17-14-11-8-5-2/h17-18,20-21,26-27,49H,4-16,19,22-25,28-48H2,1-3H3/b20-17-,21-18-,27-26-. The summed E-state index contributed by atoms with van der Waals surface area (Å²) in [6.07, 6.45) is 54.1. The monoisotopic (exact) mass is 815 g/mol. The van der Waals surface area contributed by atoms with Crippen LogP contribution >= 0.6 is 0 Å². The van der Waals surface area contributed by atoms with E-state index in [9.17, 15) is 14.4 Å². The second kappa shape index (κ2) is 47.3. The molecule has 0 aliphatic rings. The maximum Gasteiger partial charge on any atom is 0.306 e. The minimum atomic E-state index is -0.779. The molecular formula is C52H94O6. The van der Waals surface area contributed by atoms with Crippen LogP contribution in [0.1, 0.15) is 258 Å². The lowest BCUT2D eigenvalue weighted by molar-refractivity contribution is -0.167. The van der Waals surface area contributed by atoms with Crippen molar-refractivity contribution in [2.45, 2.75) is 264 Å². The molecule has 58 heavy (non-hydrogen) atoms. The third-order valence-electron chi connectivity index (χ3n) is 10.8. The topological polar surface area (TPSA) is 78.9 Å². The average molecular weight is 815 g/mol. The number of allylic oxidation sites excluding steroid dienone is 6. The molecule has 0 heterocycles. The van der Waals surface area contributed by atoms with Crippen LogP contribution in [0.25, 0.3) is 0 Å². The Morgan fingerprint density at radius 2 is 0.569 bits per heavy atom. The first-order valence-electron chi connectivity index (χ1n) is 25.0. The third-order valence-corrected chi connectivity index (χ3v) is 10.8. The SMILES string of the molecule is CCCCC/C=C\CCCCCCCC(=O)OCC(COC(=O)CCCCCCC/C=C\CCCCCCCCC)OC(=O)CCCCCCC/C=C\CCCCC. The first-order chi connectivity index (χ1) is 28.5. The van der Waals surface area contributed by atoms with Gasteiger partial charge < -0.3 is 14.2 Å². The fourth-order valence-electron chi connectivity index (χ4n) is 7.01. The molecule has 0 radical (unpaired) electrons. The van der Waals surface area contributed by atoms with Gasteiger partial charge in [-0.3, -0.25) is 14.4 Å². The van der Waals surface area contributed by atoms with Gasteiger partial charge in [0.2, 0.25) is 0 Å². The molecule has 0 spiro atoms. The summed E-state index contributed by atoms with van der Waals surface area (Å²) in [7, 11) is 0. The molecule has 6 nitrogen and oxygen atoms in total. The van der Waals surface area contributed by atoms with Gasteiger partial charge in [-0.1, -0.05) is 179 Å². The molecule has 0 rings (SSSR count). The molecule has 0 aromatic carbocycles. The summed E-state index contributed by atoms with van der Waals surface area (Å²) in [6, 6.07) is 0. The number of hydrogen-bond acceptors (Lipinski definition) is 6. The number of carbonyl (C=O) groups excluding carboxylic acids is 3. The molecule has 338 valence electrons. The first-order valence-corrected chi connectivity index (χ1v) is 25.0. The van der Waals surface area contributed by atoms with Crippen molar-refractivity contribution in [3.05, 3.63) is 36.5 Å². The summed E-state index contributed by atoms with van der Waals surface area (Å²) in [5.41, 5.74) is 0. The Morgan fingerprint density at radius 3 is 0.897 bits per heavy atom. The van der Waals surface area contributed by atoms with E-state index >= 15 is 0 Å². The zero-order valence-corrected chi connectivity index (χ0v) is 38.6. The second-order valence-electron chi connectivity index (χ2n) is 16.7. The van der Waals surface area contributed by atoms with Crippen LogP contribution in [0.15, 0.2) is 36.5 Å². The first kappa shape index (κ1) is 55.6. The van der Waals surface area contributed by atoms with Crippen LogP contribution in [-0.2, 0) is 28.6 Å². The van der Waals surface area contributed by atoms with E-state index < -0.39 is 6.10 Å². The van der Waals surface area contributed by atoms with Crippen LogP contribution in [0.2, 0.25) is 0 Å². The van der Waals surface area contributed by atoms with E-state index in [1.54, 1.807) is 0 Å². The van der Waals surface area contributed by atoms with Gasteiger partial charge in [-0.05, 0) is 96.3 Å². The van der Waals surface area contributed by atoms with Crippen LogP contribution in [0.5, 0.6) is 0 Å². The Hall–Kier alpha value is -2.37. The Bertz CT molecular complexity index is 984. The van der Waals surface area contributed by atoms with Gasteiger partial charge in [0, 0.05) is 19.3 Å². The quantitative estimate of drug-likeness (QED) is 0.0264. The highest BCUT2D eigenvalue weighted by atomic mass is 16.6. The molecule has 0 fully saturated rings. The molecule has 1 atom stereocenters. The van der Waals surface area contributed by atoms with Crippen molar-refractivity contribution in [2.24, 2.45) is 0 Å². The van der Waals surface area contributed by atoms with E-state index in [4.69, 9.17) is 14.2 Å². The smallest absolute Gasteiger partial charge is 0.306 e. The van der Waals surface area contributed by atoms with Crippen LogP contribution in [0, 0.1) is 0 Å². The number of carbonyl (C=O) groups is 3. The van der Waals surface area contributed by atoms with Gasteiger partial charge in [0.1, 0.15) is 13.2 Å². The molecule has 0 bridgehead atoms. The zero-order valence-electron chi connectivity index (χ0n) is 38.6. The van der Waals surface area contributed by atoms with E-state index in [-0.39, 0.29) is 31.1 Å². The summed E-state index contributed by atoms with van der Waals surface area (Å²) < 4.78 is 16.7. The normalized spacial score (nSPS) is 12.3. The molecule has 0 aromatic heterocycles. The molecule has 0 aliphatic carbocycles. The van der Waals surface area contributed by atoms with Gasteiger partial charge in [0.25, 0.3) is 0 Å². The van der Waals surface area contributed by atoms with Crippen LogP contribution in [0.3, 0.4) is 0 Å². The van der Waals surface area contributed by atoms with Crippen LogP contribution in [-0.4, -0.2) is 37.2 Å². The average Bonchev–Trinajstić information content (AvgIpc) is 3.22. The molecule has 0 N–H and O–H groups in total. The maximum absolute atomic E-state index is 12.7. The van der Waals surface area contributed by atoms with E-state index in [1.807, 2.05) is 0 Å². The number of hydrogen-bond donors (Lipinski definition) is 0. The van der Waals surface area contributed by atoms with Crippen molar-refractivity contribution in [3.63, 3.8) is 0 Å². The van der Waals surface area contributed by atoms with E-state index in [1.165, 1.54) is 135 Å². The number of rotatable bonds is 45. The maximum atomic E-state index is 12.7. The lowest BCUT2D eigenvalue weighted by Crippen LogP contribution is -2.30. The molecule has 6 heteroatoms. The number of unbranched alkanes of at least 4 members (excludes halogenated alkanes) is 28. The largest absolute Gasteiger partial charge is 0.462 e. The van der Waals surface area contributed by atoms with Crippen molar-refractivity contribution in [3.8, 4) is 0 Å². The van der Waals surface area contributed by atoms with E-state index in [0.717, 1.165) is 83.5 Å². The number of ether oxygens (including phenoxy) is 3. The second-order valence-corrected chi connectivity index (χ2v) is 16.7. The summed E-state index contributed by atoms with van der Waals surface area (Å²) in [5, 5.41) is 0. The molecular weight excluding hydrogens is 721 g/mol. The fourth-order valence-corrected chi connectivity index (χ4v) is 7.01. The zero-order chi connectivity index (χ0) is 42.3. The van der Waals surface area contributed by atoms with Gasteiger partial charge in [-0.25, -0.2) is 0 Å². The summed E-state index contributed by atoms with van der Waals surface area (Å²) in [6.45, 7) is 6.57. The summed E-state index contributed by atoms with van der Waals surface area (Å²) in [5.74, 6) is -0.902. The molecule has 0 aliphatic heterocycles. The molecule has 0 saturated carbocycles. The van der Waals surface area contributed by atoms with Gasteiger partial charge in [0.05, 0.1) is 0 Å². The van der Waals surface area contributed by atoms with Crippen molar-refractivity contribution in [1.82, 2.24) is 0 Å². The molecule has 0 amide bonds. The minimum absolute atomic E-state index is 0.0813. The number of esters is 3. The Balaban J connectivity index is 4.37. The van der Waals surface area contributed by atoms with Crippen LogP contribution in [0.4, 0.5) is 0 Å². The van der Waals surface area contributed by atoms with Crippen molar-refractivity contribution in [1.29, 1.82) is 0 Å². The predicted octanol–water partition coefficient (Wildman–Crippen LogP) is 16.1. The van der Waals surface area contributed by atoms with Crippen molar-refractivity contribution < 1.29 is 28.6 Å². The highest BCUT2D eigenvalue weighted by Crippen LogP contribution is 2.14. The minimum Gasteiger partial charge on any atom is -0.462 e. The fraction of sp³-hybridized carbons (Fsp3) is 0.827. The summed E-state index contributed by atoms with van der Waals surface area (Å²) in [4.78, 5) is 37.8. The Morgan fingerprint density at radius 1 is 0.328 bits per heavy atom. The van der Waals surface area contributed by atoms with E-state index in [0.29, 0.717) is 19.3 Å². The van der Waals surface area contributed by atoms with Gasteiger partial charge in [-0.15, -0.1) is 0 Å². The molecule has 0 saturated heterocycles. The lowest BCUT2D eigenvalue weighted by Gasteiger charge is -2.18. The molecule has 0 aromatic rings. The van der Waals surface area contributed by atoms with Gasteiger partial charge in [0.15, 0.2) is 6.10 Å². The highest BCUT2D eigenvalue weighted by Gasteiger charge is 2.19. The third kappa shape index (κ3) is 44.7. The van der Waals surface area contributed by atoms with E-state index in [2.05, 4.69) is 57.2 Å². The van der Waals surface area contributed by atoms with Crippen LogP contribution < -0.4 is 0 Å². The van der Waals surface area contributed by atoms with Gasteiger partial charge >= 0.3 is 17.9 Å².